The Kier molecular flexibility index (Phi) is 2.08. The van der Waals surface area contributed by atoms with Crippen LogP contribution in [0.4, 0.5) is 0 Å². The van der Waals surface area contributed by atoms with E-state index in [9.17, 15) is 9.90 Å². The maximum absolute atomic E-state index is 10.8. The van der Waals surface area contributed by atoms with Gasteiger partial charge in [-0.2, -0.15) is 5.10 Å². The number of rotatable bonds is 3. The molecule has 1 aromatic rings. The molecule has 1 fully saturated rings. The Morgan fingerprint density at radius 1 is 1.67 bits per heavy atom. The summed E-state index contributed by atoms with van der Waals surface area (Å²) in [6.45, 7) is 1.89. The molecule has 0 saturated heterocycles. The molecule has 15 heavy (non-hydrogen) atoms. The van der Waals surface area contributed by atoms with E-state index in [2.05, 4.69) is 5.10 Å². The van der Waals surface area contributed by atoms with Gasteiger partial charge in [-0.25, -0.2) is 4.79 Å². The van der Waals surface area contributed by atoms with Gasteiger partial charge in [-0.3, -0.25) is 4.68 Å². The van der Waals surface area contributed by atoms with Gasteiger partial charge in [0.15, 0.2) is 6.10 Å². The first kappa shape index (κ1) is 10.2. The van der Waals surface area contributed by atoms with Crippen LogP contribution in [-0.2, 0) is 17.3 Å². The van der Waals surface area contributed by atoms with Gasteiger partial charge in [-0.15, -0.1) is 0 Å². The molecule has 0 spiro atoms. The summed E-state index contributed by atoms with van der Waals surface area (Å²) in [7, 11) is 1.81. The van der Waals surface area contributed by atoms with Crippen molar-refractivity contribution in [1.29, 1.82) is 0 Å². The number of carboxylic acid groups (broad SMARTS) is 1. The van der Waals surface area contributed by atoms with Crippen molar-refractivity contribution in [1.82, 2.24) is 9.78 Å². The molecule has 1 aromatic heterocycles. The molecule has 82 valence electrons. The van der Waals surface area contributed by atoms with E-state index >= 15 is 0 Å². The number of carboxylic acids is 1. The molecule has 2 N–H and O–H groups in total. The second kappa shape index (κ2) is 3.06. The van der Waals surface area contributed by atoms with Crippen LogP contribution in [0.3, 0.4) is 0 Å². The van der Waals surface area contributed by atoms with Gasteiger partial charge >= 0.3 is 5.97 Å². The third kappa shape index (κ3) is 1.34. The van der Waals surface area contributed by atoms with Crippen LogP contribution < -0.4 is 0 Å². The van der Waals surface area contributed by atoms with Gasteiger partial charge in [0.2, 0.25) is 0 Å². The van der Waals surface area contributed by atoms with Gasteiger partial charge in [0, 0.05) is 23.7 Å². The monoisotopic (exact) mass is 210 g/mol. The molecule has 5 heteroatoms. The molecule has 1 saturated carbocycles. The van der Waals surface area contributed by atoms with E-state index < -0.39 is 17.5 Å². The SMILES string of the molecule is Cc1c(C2(C(O)C(=O)O)CC2)cnn1C. The third-order valence-electron chi connectivity index (χ3n) is 3.32. The number of aliphatic hydroxyl groups excluding tert-OH is 1. The third-order valence-corrected chi connectivity index (χ3v) is 3.32. The summed E-state index contributed by atoms with van der Waals surface area (Å²) in [5.74, 6) is -1.16. The smallest absolute Gasteiger partial charge is 0.333 e. The standard InChI is InChI=1S/C10H14N2O3/c1-6-7(5-11-12(6)2)10(3-4-10)8(13)9(14)15/h5,8,13H,3-4H2,1-2H3,(H,14,15). The highest BCUT2D eigenvalue weighted by molar-refractivity contribution is 5.75. The minimum Gasteiger partial charge on any atom is -0.479 e. The molecule has 0 radical (unpaired) electrons. The van der Waals surface area contributed by atoms with Crippen LogP contribution in [0.1, 0.15) is 24.1 Å². The zero-order chi connectivity index (χ0) is 11.2. The molecule has 1 unspecified atom stereocenters. The molecule has 0 bridgehead atoms. The molecular formula is C10H14N2O3. The largest absolute Gasteiger partial charge is 0.479 e. The highest BCUT2D eigenvalue weighted by atomic mass is 16.4. The van der Waals surface area contributed by atoms with Gasteiger partial charge in [0.25, 0.3) is 0 Å². The van der Waals surface area contributed by atoms with Crippen LogP contribution in [0.5, 0.6) is 0 Å². The summed E-state index contributed by atoms with van der Waals surface area (Å²) in [6, 6.07) is 0. The number of aryl methyl sites for hydroxylation is 1. The number of nitrogens with zero attached hydrogens (tertiary/aromatic N) is 2. The van der Waals surface area contributed by atoms with E-state index in [0.29, 0.717) is 12.8 Å². The Hall–Kier alpha value is -1.36. The normalized spacial score (nSPS) is 19.9. The molecule has 0 amide bonds. The fraction of sp³-hybridized carbons (Fsp3) is 0.600. The van der Waals surface area contributed by atoms with Crippen molar-refractivity contribution in [2.24, 2.45) is 7.05 Å². The van der Waals surface area contributed by atoms with Crippen molar-refractivity contribution in [3.8, 4) is 0 Å². The van der Waals surface area contributed by atoms with E-state index in [-0.39, 0.29) is 0 Å². The molecule has 1 aliphatic carbocycles. The summed E-state index contributed by atoms with van der Waals surface area (Å²) in [6.07, 6.45) is 1.77. The van der Waals surface area contributed by atoms with Crippen LogP contribution in [0.15, 0.2) is 6.20 Å². The molecule has 2 rings (SSSR count). The van der Waals surface area contributed by atoms with E-state index in [1.807, 2.05) is 14.0 Å². The maximum Gasteiger partial charge on any atom is 0.333 e. The minimum absolute atomic E-state index is 0.593. The van der Waals surface area contributed by atoms with Crippen LogP contribution in [0.2, 0.25) is 0 Å². The number of carbonyl (C=O) groups is 1. The Labute approximate surface area is 87.3 Å². The van der Waals surface area contributed by atoms with Gasteiger partial charge in [0.05, 0.1) is 6.20 Å². The lowest BCUT2D eigenvalue weighted by molar-refractivity contribution is -0.148. The van der Waals surface area contributed by atoms with Crippen molar-refractivity contribution >= 4 is 5.97 Å². The van der Waals surface area contributed by atoms with Crippen LogP contribution in [0.25, 0.3) is 0 Å². The van der Waals surface area contributed by atoms with Gasteiger partial charge < -0.3 is 10.2 Å². The van der Waals surface area contributed by atoms with Gasteiger partial charge in [-0.1, -0.05) is 0 Å². The summed E-state index contributed by atoms with van der Waals surface area (Å²) in [5, 5.41) is 22.6. The molecule has 1 atom stereocenters. The fourth-order valence-electron chi connectivity index (χ4n) is 2.05. The average molecular weight is 210 g/mol. The first-order chi connectivity index (χ1) is 6.99. The zero-order valence-electron chi connectivity index (χ0n) is 8.77. The average Bonchev–Trinajstić information content (AvgIpc) is 2.91. The topological polar surface area (TPSA) is 75.3 Å². The molecule has 0 aromatic carbocycles. The van der Waals surface area contributed by atoms with E-state index in [0.717, 1.165) is 11.3 Å². The Morgan fingerprint density at radius 3 is 2.60 bits per heavy atom. The highest BCUT2D eigenvalue weighted by Gasteiger charge is 2.54. The van der Waals surface area contributed by atoms with Gasteiger partial charge in [0.1, 0.15) is 0 Å². The van der Waals surface area contributed by atoms with Crippen molar-refractivity contribution < 1.29 is 15.0 Å². The summed E-state index contributed by atoms with van der Waals surface area (Å²) in [5.41, 5.74) is 1.19. The Morgan fingerprint density at radius 2 is 2.27 bits per heavy atom. The highest BCUT2D eigenvalue weighted by Crippen LogP contribution is 2.51. The second-order valence-electron chi connectivity index (χ2n) is 4.16. The van der Waals surface area contributed by atoms with E-state index in [4.69, 9.17) is 5.11 Å². The number of aliphatic hydroxyl groups is 1. The molecule has 1 heterocycles. The van der Waals surface area contributed by atoms with Crippen LogP contribution in [0, 0.1) is 6.92 Å². The minimum atomic E-state index is -1.32. The number of aliphatic carboxylic acids is 1. The first-order valence-electron chi connectivity index (χ1n) is 4.89. The van der Waals surface area contributed by atoms with Crippen molar-refractivity contribution in [2.75, 3.05) is 0 Å². The van der Waals surface area contributed by atoms with Gasteiger partial charge in [-0.05, 0) is 19.8 Å². The van der Waals surface area contributed by atoms with Crippen LogP contribution in [-0.4, -0.2) is 32.1 Å². The molecule has 0 aliphatic heterocycles. The van der Waals surface area contributed by atoms with Crippen LogP contribution >= 0.6 is 0 Å². The predicted molar refractivity (Wildman–Crippen MR) is 52.5 cm³/mol. The number of aromatic nitrogens is 2. The Bertz CT molecular complexity index is 407. The lowest BCUT2D eigenvalue weighted by Crippen LogP contribution is -2.34. The van der Waals surface area contributed by atoms with E-state index in [1.165, 1.54) is 0 Å². The van der Waals surface area contributed by atoms with Crippen molar-refractivity contribution in [3.05, 3.63) is 17.5 Å². The lowest BCUT2D eigenvalue weighted by Gasteiger charge is -2.18. The number of hydrogen-bond acceptors (Lipinski definition) is 3. The summed E-state index contributed by atoms with van der Waals surface area (Å²) >= 11 is 0. The van der Waals surface area contributed by atoms with E-state index in [1.54, 1.807) is 10.9 Å². The zero-order valence-corrected chi connectivity index (χ0v) is 8.77. The molecular weight excluding hydrogens is 196 g/mol. The molecule has 1 aliphatic rings. The maximum atomic E-state index is 10.8. The summed E-state index contributed by atoms with van der Waals surface area (Å²) < 4.78 is 1.70. The first-order valence-corrected chi connectivity index (χ1v) is 4.89. The fourth-order valence-corrected chi connectivity index (χ4v) is 2.05. The summed E-state index contributed by atoms with van der Waals surface area (Å²) in [4.78, 5) is 10.8. The quantitative estimate of drug-likeness (QED) is 0.747. The van der Waals surface area contributed by atoms with Crippen molar-refractivity contribution in [2.45, 2.75) is 31.3 Å². The lowest BCUT2D eigenvalue weighted by atomic mass is 9.90. The Balaban J connectivity index is 2.38. The second-order valence-corrected chi connectivity index (χ2v) is 4.16. The predicted octanol–water partition coefficient (Wildman–Crippen LogP) is 0.206. The van der Waals surface area contributed by atoms with Crippen molar-refractivity contribution in [3.63, 3.8) is 0 Å². The number of hydrogen-bond donors (Lipinski definition) is 2. The molecule has 5 nitrogen and oxygen atoms in total.